The lowest BCUT2D eigenvalue weighted by Gasteiger charge is -2.13. The number of nitrogens with one attached hydrogen (secondary N) is 1. The summed E-state index contributed by atoms with van der Waals surface area (Å²) in [6, 6.07) is 14.6. The number of methoxy groups -OCH3 is 2. The molecule has 0 unspecified atom stereocenters. The quantitative estimate of drug-likeness (QED) is 0.820. The Kier molecular flexibility index (Phi) is 6.00. The second-order valence-corrected chi connectivity index (χ2v) is 5.15. The number of rotatable bonds is 7. The van der Waals surface area contributed by atoms with Gasteiger partial charge in [0.2, 0.25) is 0 Å². The number of ether oxygens (including phenoxy) is 2. The van der Waals surface area contributed by atoms with Gasteiger partial charge >= 0.3 is 0 Å². The fourth-order valence-electron chi connectivity index (χ4n) is 2.21. The summed E-state index contributed by atoms with van der Waals surface area (Å²) in [4.78, 5) is 12.2. The Labute approximate surface area is 135 Å². The minimum Gasteiger partial charge on any atom is -0.497 e. The molecule has 0 spiro atoms. The normalized spacial score (nSPS) is 11.6. The van der Waals surface area contributed by atoms with Gasteiger partial charge < -0.3 is 19.9 Å². The number of aliphatic hydroxyl groups is 1. The second-order valence-electron chi connectivity index (χ2n) is 5.15. The van der Waals surface area contributed by atoms with Gasteiger partial charge in [0.1, 0.15) is 11.5 Å². The summed E-state index contributed by atoms with van der Waals surface area (Å²) in [5.74, 6) is 0.799. The third-order valence-electron chi connectivity index (χ3n) is 3.43. The Morgan fingerprint density at radius 1 is 1.09 bits per heavy atom. The molecule has 0 saturated carbocycles. The lowest BCUT2D eigenvalue weighted by Crippen LogP contribution is -2.33. The van der Waals surface area contributed by atoms with Crippen LogP contribution in [0.4, 0.5) is 0 Å². The van der Waals surface area contributed by atoms with E-state index in [2.05, 4.69) is 5.32 Å². The van der Waals surface area contributed by atoms with Crippen molar-refractivity contribution in [2.75, 3.05) is 20.8 Å². The van der Waals surface area contributed by atoms with Crippen molar-refractivity contribution < 1.29 is 19.4 Å². The monoisotopic (exact) mass is 315 g/mol. The Morgan fingerprint density at radius 2 is 1.70 bits per heavy atom. The maximum Gasteiger partial charge on any atom is 0.251 e. The first-order valence-electron chi connectivity index (χ1n) is 7.35. The summed E-state index contributed by atoms with van der Waals surface area (Å²) in [6.07, 6.45) is -0.156. The van der Waals surface area contributed by atoms with Crippen LogP contribution in [0, 0.1) is 0 Å². The summed E-state index contributed by atoms with van der Waals surface area (Å²) in [5, 5.41) is 12.8. The topological polar surface area (TPSA) is 67.8 Å². The minimum absolute atomic E-state index is 0.174. The van der Waals surface area contributed by atoms with Crippen molar-refractivity contribution in [1.82, 2.24) is 5.32 Å². The molecule has 0 saturated heterocycles. The van der Waals surface area contributed by atoms with Crippen molar-refractivity contribution in [1.29, 1.82) is 0 Å². The van der Waals surface area contributed by atoms with Crippen LogP contribution in [0.15, 0.2) is 48.5 Å². The van der Waals surface area contributed by atoms with Crippen LogP contribution < -0.4 is 14.8 Å². The molecule has 0 fully saturated rings. The van der Waals surface area contributed by atoms with Gasteiger partial charge in [0.05, 0.1) is 20.3 Å². The van der Waals surface area contributed by atoms with Gasteiger partial charge in [0.25, 0.3) is 5.91 Å². The van der Waals surface area contributed by atoms with Crippen LogP contribution in [0.25, 0.3) is 0 Å². The van der Waals surface area contributed by atoms with Gasteiger partial charge in [-0.25, -0.2) is 0 Å². The maximum atomic E-state index is 12.2. The average Bonchev–Trinajstić information content (AvgIpc) is 2.60. The van der Waals surface area contributed by atoms with Crippen LogP contribution in [-0.4, -0.2) is 37.9 Å². The molecule has 0 heterocycles. The third-order valence-corrected chi connectivity index (χ3v) is 3.43. The molecule has 0 aliphatic rings. The van der Waals surface area contributed by atoms with Crippen LogP contribution in [0.3, 0.4) is 0 Å². The van der Waals surface area contributed by atoms with Crippen molar-refractivity contribution in [3.63, 3.8) is 0 Å². The summed E-state index contributed by atoms with van der Waals surface area (Å²) in [7, 11) is 3.06. The zero-order valence-corrected chi connectivity index (χ0v) is 13.3. The van der Waals surface area contributed by atoms with E-state index in [0.717, 1.165) is 5.56 Å². The fourth-order valence-corrected chi connectivity index (χ4v) is 2.21. The van der Waals surface area contributed by atoms with E-state index in [-0.39, 0.29) is 12.5 Å². The molecular formula is C18H21NO4. The fraction of sp³-hybridized carbons (Fsp3) is 0.278. The first kappa shape index (κ1) is 16.8. The Morgan fingerprint density at radius 3 is 2.26 bits per heavy atom. The van der Waals surface area contributed by atoms with Gasteiger partial charge in [-0.1, -0.05) is 30.3 Å². The summed E-state index contributed by atoms with van der Waals surface area (Å²) in [5.41, 5.74) is 1.45. The predicted octanol–water partition coefficient (Wildman–Crippen LogP) is 2.04. The molecule has 2 N–H and O–H groups in total. The van der Waals surface area contributed by atoms with E-state index in [4.69, 9.17) is 9.47 Å². The van der Waals surface area contributed by atoms with Crippen LogP contribution in [0.2, 0.25) is 0 Å². The third kappa shape index (κ3) is 5.00. The van der Waals surface area contributed by atoms with Gasteiger partial charge in [-0.3, -0.25) is 4.79 Å². The predicted molar refractivity (Wildman–Crippen MR) is 88.0 cm³/mol. The number of hydrogen-bond donors (Lipinski definition) is 2. The molecule has 5 heteroatoms. The van der Waals surface area contributed by atoms with Crippen LogP contribution in [-0.2, 0) is 6.42 Å². The molecule has 0 aromatic heterocycles. The van der Waals surface area contributed by atoms with E-state index < -0.39 is 6.10 Å². The van der Waals surface area contributed by atoms with E-state index >= 15 is 0 Å². The molecule has 0 bridgehead atoms. The van der Waals surface area contributed by atoms with Crippen molar-refractivity contribution >= 4 is 5.91 Å². The highest BCUT2D eigenvalue weighted by molar-refractivity contribution is 5.95. The van der Waals surface area contributed by atoms with E-state index in [0.29, 0.717) is 23.5 Å². The zero-order chi connectivity index (χ0) is 16.7. The van der Waals surface area contributed by atoms with Crippen molar-refractivity contribution in [2.45, 2.75) is 12.5 Å². The molecule has 2 aromatic carbocycles. The average molecular weight is 315 g/mol. The molecule has 1 atom stereocenters. The van der Waals surface area contributed by atoms with E-state index in [9.17, 15) is 9.90 Å². The number of carbonyl (C=O) groups excluding carboxylic acids is 1. The van der Waals surface area contributed by atoms with Crippen LogP contribution >= 0.6 is 0 Å². The highest BCUT2D eigenvalue weighted by atomic mass is 16.5. The van der Waals surface area contributed by atoms with Gasteiger partial charge in [0.15, 0.2) is 0 Å². The van der Waals surface area contributed by atoms with Crippen LogP contribution in [0.1, 0.15) is 15.9 Å². The molecule has 2 rings (SSSR count). The summed E-state index contributed by atoms with van der Waals surface area (Å²) < 4.78 is 10.3. The largest absolute Gasteiger partial charge is 0.497 e. The summed E-state index contributed by atoms with van der Waals surface area (Å²) >= 11 is 0. The second kappa shape index (κ2) is 8.19. The SMILES string of the molecule is COc1cc(OC)cc(C(=O)NC[C@H](O)Cc2ccccc2)c1. The van der Waals surface area contributed by atoms with Gasteiger partial charge in [-0.2, -0.15) is 0 Å². The Hall–Kier alpha value is -2.53. The number of amides is 1. The lowest BCUT2D eigenvalue weighted by molar-refractivity contribution is 0.0915. The smallest absolute Gasteiger partial charge is 0.251 e. The molecule has 0 aliphatic carbocycles. The molecule has 5 nitrogen and oxygen atoms in total. The zero-order valence-electron chi connectivity index (χ0n) is 13.3. The van der Waals surface area contributed by atoms with Crippen molar-refractivity contribution in [3.05, 3.63) is 59.7 Å². The number of aliphatic hydroxyl groups excluding tert-OH is 1. The van der Waals surface area contributed by atoms with Crippen LogP contribution in [0.5, 0.6) is 11.5 Å². The molecule has 0 radical (unpaired) electrons. The highest BCUT2D eigenvalue weighted by Crippen LogP contribution is 2.22. The Bertz CT molecular complexity index is 620. The molecular weight excluding hydrogens is 294 g/mol. The maximum absolute atomic E-state index is 12.2. The van der Waals surface area contributed by atoms with E-state index in [1.807, 2.05) is 30.3 Å². The highest BCUT2D eigenvalue weighted by Gasteiger charge is 2.12. The standard InChI is InChI=1S/C18H21NO4/c1-22-16-9-14(10-17(11-16)23-2)18(21)19-12-15(20)8-13-6-4-3-5-7-13/h3-7,9-11,15,20H,8,12H2,1-2H3,(H,19,21)/t15-/m1/s1. The number of carbonyl (C=O) groups is 1. The Balaban J connectivity index is 1.94. The van der Waals surface area contributed by atoms with Gasteiger partial charge in [-0.05, 0) is 17.7 Å². The van der Waals surface area contributed by atoms with Gasteiger partial charge in [0, 0.05) is 24.6 Å². The first-order valence-corrected chi connectivity index (χ1v) is 7.35. The first-order chi connectivity index (χ1) is 11.1. The van der Waals surface area contributed by atoms with E-state index in [1.54, 1.807) is 18.2 Å². The molecule has 0 aliphatic heterocycles. The number of benzene rings is 2. The van der Waals surface area contributed by atoms with E-state index in [1.165, 1.54) is 14.2 Å². The molecule has 122 valence electrons. The van der Waals surface area contributed by atoms with Crippen molar-refractivity contribution in [2.24, 2.45) is 0 Å². The van der Waals surface area contributed by atoms with Crippen molar-refractivity contribution in [3.8, 4) is 11.5 Å². The lowest BCUT2D eigenvalue weighted by atomic mass is 10.1. The molecule has 1 amide bonds. The molecule has 23 heavy (non-hydrogen) atoms. The minimum atomic E-state index is -0.645. The molecule has 2 aromatic rings. The number of hydrogen-bond acceptors (Lipinski definition) is 4. The summed E-state index contributed by atoms with van der Waals surface area (Å²) in [6.45, 7) is 0.174. The van der Waals surface area contributed by atoms with Gasteiger partial charge in [-0.15, -0.1) is 0 Å².